The second kappa shape index (κ2) is 10.2. The number of aromatic nitrogens is 1. The molecule has 1 aromatic heterocycles. The van der Waals surface area contributed by atoms with Crippen molar-refractivity contribution in [3.8, 4) is 28.5 Å². The molecule has 0 fully saturated rings. The number of anilines is 1. The van der Waals surface area contributed by atoms with Crippen molar-refractivity contribution in [2.45, 2.75) is 4.34 Å². The minimum Gasteiger partial charge on any atom is -0.493 e. The van der Waals surface area contributed by atoms with Crippen LogP contribution in [0.4, 0.5) is 5.00 Å². The molecule has 0 spiro atoms. The summed E-state index contributed by atoms with van der Waals surface area (Å²) in [4.78, 5) is 28.8. The molecule has 0 saturated heterocycles. The quantitative estimate of drug-likeness (QED) is 0.470. The maximum Gasteiger partial charge on any atom is 0.256 e. The normalized spacial score (nSPS) is 10.4. The lowest BCUT2D eigenvalue weighted by Crippen LogP contribution is -2.12. The van der Waals surface area contributed by atoms with Crippen molar-refractivity contribution in [1.29, 1.82) is 0 Å². The van der Waals surface area contributed by atoms with E-state index in [9.17, 15) is 9.59 Å². The molecule has 8 nitrogen and oxygen atoms in total. The molecule has 1 heterocycles. The van der Waals surface area contributed by atoms with Crippen molar-refractivity contribution in [3.05, 3.63) is 48.0 Å². The van der Waals surface area contributed by atoms with Crippen LogP contribution in [0, 0.1) is 0 Å². The molecule has 2 amide bonds. The number of primary amides is 1. The fourth-order valence-electron chi connectivity index (χ4n) is 2.76. The van der Waals surface area contributed by atoms with Crippen LogP contribution in [0.3, 0.4) is 0 Å². The summed E-state index contributed by atoms with van der Waals surface area (Å²) in [6.45, 7) is 0. The maximum atomic E-state index is 13.0. The van der Waals surface area contributed by atoms with E-state index in [1.165, 1.54) is 44.4 Å². The van der Waals surface area contributed by atoms with E-state index in [1.807, 2.05) is 30.3 Å². The van der Waals surface area contributed by atoms with Gasteiger partial charge in [0, 0.05) is 11.1 Å². The highest BCUT2D eigenvalue weighted by atomic mass is 32.2. The van der Waals surface area contributed by atoms with Crippen LogP contribution in [0.5, 0.6) is 17.2 Å². The summed E-state index contributed by atoms with van der Waals surface area (Å²) >= 11 is 2.50. The number of benzene rings is 2. The van der Waals surface area contributed by atoms with E-state index in [4.69, 9.17) is 19.9 Å². The van der Waals surface area contributed by atoms with E-state index in [-0.39, 0.29) is 11.7 Å². The lowest BCUT2D eigenvalue weighted by molar-refractivity contribution is -0.115. The van der Waals surface area contributed by atoms with E-state index in [0.717, 1.165) is 5.56 Å². The molecule has 10 heteroatoms. The third-order valence-electron chi connectivity index (χ3n) is 4.15. The zero-order valence-corrected chi connectivity index (χ0v) is 18.8. The number of carbonyl (C=O) groups excluding carboxylic acids is 2. The number of thioether (sulfide) groups is 1. The molecule has 0 aliphatic carbocycles. The highest BCUT2D eigenvalue weighted by molar-refractivity contribution is 8.01. The number of thiazole rings is 1. The Balaban J connectivity index is 1.96. The molecule has 0 bridgehead atoms. The average molecular weight is 460 g/mol. The number of nitrogens with one attached hydrogen (secondary N) is 1. The molecule has 2 aromatic carbocycles. The molecule has 31 heavy (non-hydrogen) atoms. The summed E-state index contributed by atoms with van der Waals surface area (Å²) in [5.74, 6) is 0.433. The molecular weight excluding hydrogens is 438 g/mol. The topological polar surface area (TPSA) is 113 Å². The Labute approximate surface area is 187 Å². The molecule has 0 unspecified atom stereocenters. The zero-order chi connectivity index (χ0) is 22.4. The van der Waals surface area contributed by atoms with Gasteiger partial charge >= 0.3 is 0 Å². The highest BCUT2D eigenvalue weighted by Gasteiger charge is 2.20. The predicted molar refractivity (Wildman–Crippen MR) is 122 cm³/mol. The van der Waals surface area contributed by atoms with Gasteiger partial charge in [-0.05, 0) is 12.1 Å². The number of nitrogens with zero attached hydrogens (tertiary/aromatic N) is 1. The highest BCUT2D eigenvalue weighted by Crippen LogP contribution is 2.40. The lowest BCUT2D eigenvalue weighted by atomic mass is 10.1. The summed E-state index contributed by atoms with van der Waals surface area (Å²) in [6.07, 6.45) is 0. The Morgan fingerprint density at radius 3 is 2.26 bits per heavy atom. The van der Waals surface area contributed by atoms with Gasteiger partial charge in [-0.1, -0.05) is 53.4 Å². The van der Waals surface area contributed by atoms with Crippen LogP contribution < -0.4 is 25.3 Å². The predicted octanol–water partition coefficient (Wildman–Crippen LogP) is 3.67. The summed E-state index contributed by atoms with van der Waals surface area (Å²) in [5, 5.41) is 3.46. The van der Waals surface area contributed by atoms with Gasteiger partial charge in [-0.15, -0.1) is 0 Å². The lowest BCUT2D eigenvalue weighted by Gasteiger charge is -2.14. The summed E-state index contributed by atoms with van der Waals surface area (Å²) < 4.78 is 16.6. The average Bonchev–Trinajstić information content (AvgIpc) is 3.19. The molecule has 0 saturated carbocycles. The van der Waals surface area contributed by atoms with Gasteiger partial charge in [0.2, 0.25) is 11.7 Å². The first-order valence-corrected chi connectivity index (χ1v) is 10.9. The molecule has 0 aliphatic rings. The SMILES string of the molecule is COc1cc(C(=O)Nc2sc(SCC(N)=O)nc2-c2ccccc2)cc(OC)c1OC. The Morgan fingerprint density at radius 1 is 1.06 bits per heavy atom. The van der Waals surface area contributed by atoms with Crippen LogP contribution in [-0.4, -0.2) is 43.9 Å². The van der Waals surface area contributed by atoms with Crippen LogP contribution in [-0.2, 0) is 4.79 Å². The Hall–Kier alpha value is -3.24. The second-order valence-electron chi connectivity index (χ2n) is 6.15. The monoisotopic (exact) mass is 459 g/mol. The van der Waals surface area contributed by atoms with Gasteiger partial charge in [-0.2, -0.15) is 0 Å². The third-order valence-corrected chi connectivity index (χ3v) is 6.28. The van der Waals surface area contributed by atoms with Crippen molar-refractivity contribution >= 4 is 39.9 Å². The van der Waals surface area contributed by atoms with Crippen LogP contribution in [0.2, 0.25) is 0 Å². The number of nitrogens with two attached hydrogens (primary N) is 1. The van der Waals surface area contributed by atoms with Crippen LogP contribution >= 0.6 is 23.1 Å². The number of hydrogen-bond acceptors (Lipinski definition) is 8. The molecule has 0 aliphatic heterocycles. The fraction of sp³-hybridized carbons (Fsp3) is 0.190. The summed E-state index contributed by atoms with van der Waals surface area (Å²) in [6, 6.07) is 12.6. The van der Waals surface area contributed by atoms with Gasteiger partial charge in [0.15, 0.2) is 15.8 Å². The second-order valence-corrected chi connectivity index (χ2v) is 8.37. The van der Waals surface area contributed by atoms with Crippen molar-refractivity contribution in [1.82, 2.24) is 4.98 Å². The van der Waals surface area contributed by atoms with Gasteiger partial charge < -0.3 is 25.3 Å². The fourth-order valence-corrected chi connectivity index (χ4v) is 4.56. The van der Waals surface area contributed by atoms with Crippen molar-refractivity contribution in [3.63, 3.8) is 0 Å². The van der Waals surface area contributed by atoms with Crippen LogP contribution in [0.1, 0.15) is 10.4 Å². The molecule has 3 N–H and O–H groups in total. The van der Waals surface area contributed by atoms with E-state index in [2.05, 4.69) is 10.3 Å². The Morgan fingerprint density at radius 2 is 1.71 bits per heavy atom. The Kier molecular flexibility index (Phi) is 7.37. The van der Waals surface area contributed by atoms with Gasteiger partial charge in [0.1, 0.15) is 10.7 Å². The smallest absolute Gasteiger partial charge is 0.256 e. The van der Waals surface area contributed by atoms with Gasteiger partial charge in [-0.25, -0.2) is 4.98 Å². The van der Waals surface area contributed by atoms with Crippen molar-refractivity contribution < 1.29 is 23.8 Å². The first-order valence-electron chi connectivity index (χ1n) is 9.05. The summed E-state index contributed by atoms with van der Waals surface area (Å²) in [5.41, 5.74) is 7.02. The minimum absolute atomic E-state index is 0.0992. The number of methoxy groups -OCH3 is 3. The van der Waals surface area contributed by atoms with Crippen molar-refractivity contribution in [2.24, 2.45) is 5.73 Å². The first kappa shape index (κ1) is 22.4. The van der Waals surface area contributed by atoms with Gasteiger partial charge in [-0.3, -0.25) is 9.59 Å². The van der Waals surface area contributed by atoms with E-state index >= 15 is 0 Å². The number of amides is 2. The standard InChI is InChI=1S/C21H21N3O5S2/c1-27-14-9-13(10-15(28-2)18(14)29-3)19(26)24-20-17(12-7-5-4-6-8-12)23-21(31-20)30-11-16(22)25/h4-10H,11H2,1-3H3,(H2,22,25)(H,24,26). The molecule has 0 atom stereocenters. The molecular formula is C21H21N3O5S2. The van der Waals surface area contributed by atoms with Gasteiger partial charge in [0.25, 0.3) is 5.91 Å². The summed E-state index contributed by atoms with van der Waals surface area (Å²) in [7, 11) is 4.46. The molecule has 0 radical (unpaired) electrons. The molecule has 3 aromatic rings. The zero-order valence-electron chi connectivity index (χ0n) is 17.1. The van der Waals surface area contributed by atoms with Crippen LogP contribution in [0.15, 0.2) is 46.8 Å². The Bertz CT molecular complexity index is 1060. The number of hydrogen-bond donors (Lipinski definition) is 2. The number of ether oxygens (including phenoxy) is 3. The first-order chi connectivity index (χ1) is 15.0. The van der Waals surface area contributed by atoms with E-state index in [1.54, 1.807) is 12.1 Å². The van der Waals surface area contributed by atoms with Gasteiger partial charge in [0.05, 0.1) is 27.1 Å². The van der Waals surface area contributed by atoms with E-state index in [0.29, 0.717) is 37.8 Å². The maximum absolute atomic E-state index is 13.0. The number of rotatable bonds is 9. The largest absolute Gasteiger partial charge is 0.493 e. The minimum atomic E-state index is -0.440. The van der Waals surface area contributed by atoms with Crippen molar-refractivity contribution in [2.75, 3.05) is 32.4 Å². The molecule has 162 valence electrons. The van der Waals surface area contributed by atoms with E-state index < -0.39 is 5.91 Å². The number of carbonyl (C=O) groups is 2. The third kappa shape index (κ3) is 5.28. The van der Waals surface area contributed by atoms with Crippen LogP contribution in [0.25, 0.3) is 11.3 Å². The molecule has 3 rings (SSSR count).